The quantitative estimate of drug-likeness (QED) is 0.839. The zero-order valence-corrected chi connectivity index (χ0v) is 9.30. The maximum Gasteiger partial charge on any atom is 0.257 e. The third-order valence-electron chi connectivity index (χ3n) is 2.86. The molecule has 1 aliphatic heterocycles. The van der Waals surface area contributed by atoms with E-state index in [0.29, 0.717) is 6.54 Å². The maximum absolute atomic E-state index is 13.3. The molecule has 1 aliphatic rings. The Morgan fingerprint density at radius 1 is 1.41 bits per heavy atom. The minimum absolute atomic E-state index is 0.203. The number of carbonyl (C=O) groups excluding carboxylic acids is 1. The fourth-order valence-corrected chi connectivity index (χ4v) is 1.95. The highest BCUT2D eigenvalue weighted by Gasteiger charge is 2.19. The first-order valence-electron chi connectivity index (χ1n) is 5.64. The molecular weight excluding hydrogens is 226 g/mol. The molecule has 0 radical (unpaired) electrons. The number of rotatable bonds is 3. The average Bonchev–Trinajstić information content (AvgIpc) is 2.79. The van der Waals surface area contributed by atoms with E-state index in [1.54, 1.807) is 0 Å². The second kappa shape index (κ2) is 5.23. The van der Waals surface area contributed by atoms with Gasteiger partial charge in [-0.3, -0.25) is 4.79 Å². The first-order valence-corrected chi connectivity index (χ1v) is 5.64. The SMILES string of the molecule is O=C(NCC1CCCN1)c1c(F)cccc1F. The van der Waals surface area contributed by atoms with Gasteiger partial charge in [-0.05, 0) is 31.5 Å². The molecule has 0 bridgehead atoms. The van der Waals surface area contributed by atoms with Gasteiger partial charge in [0.15, 0.2) is 0 Å². The van der Waals surface area contributed by atoms with Gasteiger partial charge in [0.05, 0.1) is 0 Å². The van der Waals surface area contributed by atoms with Gasteiger partial charge in [-0.2, -0.15) is 0 Å². The smallest absolute Gasteiger partial charge is 0.257 e. The van der Waals surface area contributed by atoms with Crippen LogP contribution >= 0.6 is 0 Å². The molecule has 5 heteroatoms. The Labute approximate surface area is 98.2 Å². The number of amides is 1. The minimum atomic E-state index is -0.832. The Kier molecular flexibility index (Phi) is 3.68. The lowest BCUT2D eigenvalue weighted by Crippen LogP contribution is -2.37. The van der Waals surface area contributed by atoms with Gasteiger partial charge in [0, 0.05) is 12.6 Å². The summed E-state index contributed by atoms with van der Waals surface area (Å²) in [6.45, 7) is 1.32. The van der Waals surface area contributed by atoms with Gasteiger partial charge < -0.3 is 10.6 Å². The van der Waals surface area contributed by atoms with Crippen molar-refractivity contribution in [2.24, 2.45) is 0 Å². The topological polar surface area (TPSA) is 41.1 Å². The average molecular weight is 240 g/mol. The third-order valence-corrected chi connectivity index (χ3v) is 2.86. The summed E-state index contributed by atoms with van der Waals surface area (Å²) >= 11 is 0. The second-order valence-electron chi connectivity index (χ2n) is 4.10. The van der Waals surface area contributed by atoms with Crippen molar-refractivity contribution in [2.45, 2.75) is 18.9 Å². The van der Waals surface area contributed by atoms with Crippen LogP contribution in [0.1, 0.15) is 23.2 Å². The zero-order valence-electron chi connectivity index (χ0n) is 9.30. The van der Waals surface area contributed by atoms with Crippen LogP contribution in [0.3, 0.4) is 0 Å². The van der Waals surface area contributed by atoms with Gasteiger partial charge in [0.2, 0.25) is 0 Å². The molecule has 2 rings (SSSR count). The van der Waals surface area contributed by atoms with Gasteiger partial charge in [0.1, 0.15) is 17.2 Å². The van der Waals surface area contributed by atoms with Crippen LogP contribution in [0.25, 0.3) is 0 Å². The van der Waals surface area contributed by atoms with Crippen molar-refractivity contribution in [3.05, 3.63) is 35.4 Å². The molecule has 17 heavy (non-hydrogen) atoms. The van der Waals surface area contributed by atoms with Crippen LogP contribution in [0.15, 0.2) is 18.2 Å². The molecule has 1 unspecified atom stereocenters. The van der Waals surface area contributed by atoms with E-state index >= 15 is 0 Å². The van der Waals surface area contributed by atoms with Crippen LogP contribution in [0.4, 0.5) is 8.78 Å². The third kappa shape index (κ3) is 2.79. The fourth-order valence-electron chi connectivity index (χ4n) is 1.95. The Bertz CT molecular complexity index is 397. The summed E-state index contributed by atoms with van der Waals surface area (Å²) in [5, 5.41) is 5.73. The van der Waals surface area contributed by atoms with Crippen LogP contribution in [-0.4, -0.2) is 25.0 Å². The second-order valence-corrected chi connectivity index (χ2v) is 4.10. The van der Waals surface area contributed by atoms with Gasteiger partial charge in [-0.15, -0.1) is 0 Å². The molecule has 1 amide bonds. The number of halogens is 2. The van der Waals surface area contributed by atoms with Crippen molar-refractivity contribution >= 4 is 5.91 Å². The van der Waals surface area contributed by atoms with E-state index in [-0.39, 0.29) is 6.04 Å². The predicted octanol–water partition coefficient (Wildman–Crippen LogP) is 1.45. The first-order chi connectivity index (χ1) is 8.18. The molecule has 1 fully saturated rings. The summed E-state index contributed by atoms with van der Waals surface area (Å²) in [5.74, 6) is -2.36. The number of benzene rings is 1. The van der Waals surface area contributed by atoms with E-state index in [1.165, 1.54) is 6.07 Å². The molecule has 1 aromatic carbocycles. The van der Waals surface area contributed by atoms with Crippen molar-refractivity contribution < 1.29 is 13.6 Å². The van der Waals surface area contributed by atoms with Crippen LogP contribution in [-0.2, 0) is 0 Å². The minimum Gasteiger partial charge on any atom is -0.350 e. The Morgan fingerprint density at radius 2 is 2.12 bits per heavy atom. The van der Waals surface area contributed by atoms with E-state index in [9.17, 15) is 13.6 Å². The molecule has 2 N–H and O–H groups in total. The number of hydrogen-bond donors (Lipinski definition) is 2. The van der Waals surface area contributed by atoms with Gasteiger partial charge in [-0.25, -0.2) is 8.78 Å². The summed E-state index contributed by atoms with van der Waals surface area (Å²) < 4.78 is 26.6. The lowest BCUT2D eigenvalue weighted by molar-refractivity contribution is 0.0942. The highest BCUT2D eigenvalue weighted by atomic mass is 19.1. The molecule has 0 saturated carbocycles. The Hall–Kier alpha value is -1.49. The van der Waals surface area contributed by atoms with E-state index in [1.807, 2.05) is 0 Å². The lowest BCUT2D eigenvalue weighted by Gasteiger charge is -2.12. The monoisotopic (exact) mass is 240 g/mol. The number of carbonyl (C=O) groups is 1. The first kappa shape index (κ1) is 12.0. The molecule has 92 valence electrons. The molecule has 0 spiro atoms. The molecule has 1 saturated heterocycles. The molecule has 0 aromatic heterocycles. The molecule has 0 aliphatic carbocycles. The summed E-state index contributed by atoms with van der Waals surface area (Å²) in [5.41, 5.74) is -0.509. The van der Waals surface area contributed by atoms with Crippen molar-refractivity contribution in [2.75, 3.05) is 13.1 Å². The highest BCUT2D eigenvalue weighted by molar-refractivity contribution is 5.94. The van der Waals surface area contributed by atoms with Gasteiger partial charge in [0.25, 0.3) is 5.91 Å². The lowest BCUT2D eigenvalue weighted by atomic mass is 10.1. The number of nitrogens with one attached hydrogen (secondary N) is 2. The standard InChI is InChI=1S/C12H14F2N2O/c13-9-4-1-5-10(14)11(9)12(17)16-7-8-3-2-6-15-8/h1,4-5,8,15H,2-3,6-7H2,(H,16,17). The summed E-state index contributed by atoms with van der Waals surface area (Å²) in [7, 11) is 0. The normalized spacial score (nSPS) is 19.3. The van der Waals surface area contributed by atoms with E-state index in [4.69, 9.17) is 0 Å². The Balaban J connectivity index is 1.99. The van der Waals surface area contributed by atoms with Gasteiger partial charge in [-0.1, -0.05) is 6.07 Å². The molecule has 1 heterocycles. The molecule has 3 nitrogen and oxygen atoms in total. The summed E-state index contributed by atoms with van der Waals surface area (Å²) in [4.78, 5) is 11.6. The van der Waals surface area contributed by atoms with Crippen LogP contribution < -0.4 is 10.6 Å². The Morgan fingerprint density at radius 3 is 2.71 bits per heavy atom. The van der Waals surface area contributed by atoms with Crippen LogP contribution in [0.2, 0.25) is 0 Å². The maximum atomic E-state index is 13.3. The van der Waals surface area contributed by atoms with E-state index in [0.717, 1.165) is 31.5 Å². The van der Waals surface area contributed by atoms with Crippen LogP contribution in [0, 0.1) is 11.6 Å². The summed E-state index contributed by atoms with van der Waals surface area (Å²) in [6.07, 6.45) is 2.04. The van der Waals surface area contributed by atoms with Gasteiger partial charge >= 0.3 is 0 Å². The number of hydrogen-bond acceptors (Lipinski definition) is 2. The molecule has 1 aromatic rings. The van der Waals surface area contributed by atoms with Crippen molar-refractivity contribution in [1.82, 2.24) is 10.6 Å². The largest absolute Gasteiger partial charge is 0.350 e. The van der Waals surface area contributed by atoms with Crippen molar-refractivity contribution in [1.29, 1.82) is 0 Å². The van der Waals surface area contributed by atoms with E-state index < -0.39 is 23.1 Å². The van der Waals surface area contributed by atoms with Crippen LogP contribution in [0.5, 0.6) is 0 Å². The summed E-state index contributed by atoms with van der Waals surface area (Å²) in [6, 6.07) is 3.59. The highest BCUT2D eigenvalue weighted by Crippen LogP contribution is 2.12. The molecule has 1 atom stereocenters. The predicted molar refractivity (Wildman–Crippen MR) is 59.7 cm³/mol. The fraction of sp³-hybridized carbons (Fsp3) is 0.417. The molecular formula is C12H14F2N2O. The zero-order chi connectivity index (χ0) is 12.3. The van der Waals surface area contributed by atoms with E-state index in [2.05, 4.69) is 10.6 Å². The van der Waals surface area contributed by atoms with Crippen molar-refractivity contribution in [3.63, 3.8) is 0 Å². The van der Waals surface area contributed by atoms with Crippen molar-refractivity contribution in [3.8, 4) is 0 Å².